The quantitative estimate of drug-likeness (QED) is 0.604. The lowest BCUT2D eigenvalue weighted by atomic mass is 9.61. The third-order valence-electron chi connectivity index (χ3n) is 4.60. The Bertz CT molecular complexity index is 184. The van der Waals surface area contributed by atoms with Gasteiger partial charge in [0.05, 0.1) is 0 Å². The molecule has 0 saturated heterocycles. The van der Waals surface area contributed by atoms with E-state index in [2.05, 4.69) is 41.5 Å². The van der Waals surface area contributed by atoms with Gasteiger partial charge in [0.1, 0.15) is 0 Å². The molecule has 0 aliphatic heterocycles. The monoisotopic (exact) mass is 223 g/mol. The Balaban J connectivity index is 2.84. The van der Waals surface area contributed by atoms with E-state index in [0.29, 0.717) is 0 Å². The minimum absolute atomic E-state index is 0.764. The highest BCUT2D eigenvalue weighted by atomic mass is 14.4. The molecule has 0 aromatic carbocycles. The maximum atomic E-state index is 2.48. The second-order valence-corrected chi connectivity index (χ2v) is 6.41. The lowest BCUT2D eigenvalue weighted by molar-refractivity contribution is 0.140. The molecular weight excluding hydrogens is 192 g/mol. The Hall–Kier alpha value is 0. The maximum absolute atomic E-state index is 2.48. The summed E-state index contributed by atoms with van der Waals surface area (Å²) in [6, 6.07) is 0. The molecular formula is C16H31. The second-order valence-electron chi connectivity index (χ2n) is 6.41. The van der Waals surface area contributed by atoms with E-state index < -0.39 is 0 Å². The number of hydrogen-bond donors (Lipinski definition) is 0. The van der Waals surface area contributed by atoms with Crippen LogP contribution in [0.25, 0.3) is 0 Å². The minimum Gasteiger partial charge on any atom is -0.0651 e. The van der Waals surface area contributed by atoms with Crippen molar-refractivity contribution in [2.75, 3.05) is 0 Å². The summed E-state index contributed by atoms with van der Waals surface area (Å²) in [4.78, 5) is 0. The normalized spacial score (nSPS) is 31.7. The van der Waals surface area contributed by atoms with E-state index in [9.17, 15) is 0 Å². The van der Waals surface area contributed by atoms with E-state index in [-0.39, 0.29) is 0 Å². The van der Waals surface area contributed by atoms with E-state index >= 15 is 0 Å². The molecule has 0 aromatic heterocycles. The van der Waals surface area contributed by atoms with Crippen molar-refractivity contribution in [1.29, 1.82) is 0 Å². The van der Waals surface area contributed by atoms with Gasteiger partial charge in [0.2, 0.25) is 0 Å². The molecule has 95 valence electrons. The van der Waals surface area contributed by atoms with Gasteiger partial charge >= 0.3 is 0 Å². The molecule has 0 N–H and O–H groups in total. The molecule has 0 nitrogen and oxygen atoms in total. The first-order chi connectivity index (χ1) is 7.49. The summed E-state index contributed by atoms with van der Waals surface area (Å²) in [5.41, 5.74) is 0. The maximum Gasteiger partial charge on any atom is -0.0154 e. The van der Waals surface area contributed by atoms with Gasteiger partial charge in [-0.15, -0.1) is 0 Å². The van der Waals surface area contributed by atoms with Gasteiger partial charge in [0.15, 0.2) is 0 Å². The van der Waals surface area contributed by atoms with Crippen LogP contribution < -0.4 is 0 Å². The van der Waals surface area contributed by atoms with Gasteiger partial charge in [0, 0.05) is 0 Å². The topological polar surface area (TPSA) is 0 Å². The third-order valence-corrected chi connectivity index (χ3v) is 4.60. The zero-order chi connectivity index (χ0) is 12.3. The van der Waals surface area contributed by atoms with E-state index in [0.717, 1.165) is 29.6 Å². The fourth-order valence-electron chi connectivity index (χ4n) is 4.02. The van der Waals surface area contributed by atoms with Gasteiger partial charge in [-0.1, -0.05) is 67.2 Å². The molecule has 3 unspecified atom stereocenters. The molecule has 1 fully saturated rings. The predicted octanol–water partition coefficient (Wildman–Crippen LogP) is 5.34. The van der Waals surface area contributed by atoms with E-state index in [1.807, 2.05) is 5.92 Å². The van der Waals surface area contributed by atoms with Crippen molar-refractivity contribution in [1.82, 2.24) is 0 Å². The molecule has 0 heteroatoms. The second kappa shape index (κ2) is 6.07. The highest BCUT2D eigenvalue weighted by molar-refractivity contribution is 5.06. The summed E-state index contributed by atoms with van der Waals surface area (Å²) in [5, 5.41) is 0. The molecule has 0 heterocycles. The Morgan fingerprint density at radius 2 is 1.62 bits per heavy atom. The van der Waals surface area contributed by atoms with Crippen molar-refractivity contribution in [2.24, 2.45) is 29.6 Å². The minimum atomic E-state index is 0.764. The van der Waals surface area contributed by atoms with Gasteiger partial charge in [-0.05, 0) is 35.5 Å². The molecule has 1 radical (unpaired) electrons. The molecule has 1 saturated carbocycles. The van der Waals surface area contributed by atoms with Crippen molar-refractivity contribution < 1.29 is 0 Å². The van der Waals surface area contributed by atoms with Crippen LogP contribution in [0.1, 0.15) is 67.2 Å². The van der Waals surface area contributed by atoms with Gasteiger partial charge < -0.3 is 0 Å². The average Bonchev–Trinajstić information content (AvgIpc) is 2.19. The van der Waals surface area contributed by atoms with Crippen molar-refractivity contribution >= 4 is 0 Å². The van der Waals surface area contributed by atoms with Crippen LogP contribution in [0.15, 0.2) is 0 Å². The van der Waals surface area contributed by atoms with E-state index in [1.165, 1.54) is 25.7 Å². The summed E-state index contributed by atoms with van der Waals surface area (Å²) < 4.78 is 0. The first kappa shape index (κ1) is 14.1. The first-order valence-corrected chi connectivity index (χ1v) is 7.35. The fourth-order valence-corrected chi connectivity index (χ4v) is 4.02. The van der Waals surface area contributed by atoms with Crippen LogP contribution >= 0.6 is 0 Å². The van der Waals surface area contributed by atoms with Gasteiger partial charge in [0.25, 0.3) is 0 Å². The highest BCUT2D eigenvalue weighted by Crippen LogP contribution is 2.47. The molecule has 0 amide bonds. The Morgan fingerprint density at radius 1 is 1.06 bits per heavy atom. The van der Waals surface area contributed by atoms with Crippen molar-refractivity contribution in [3.05, 3.63) is 5.92 Å². The van der Waals surface area contributed by atoms with Crippen molar-refractivity contribution in [3.8, 4) is 0 Å². The highest BCUT2D eigenvalue weighted by Gasteiger charge is 2.38. The largest absolute Gasteiger partial charge is 0.0651 e. The van der Waals surface area contributed by atoms with Crippen LogP contribution in [0.5, 0.6) is 0 Å². The smallest absolute Gasteiger partial charge is 0.0154 e. The number of rotatable bonds is 4. The SMILES string of the molecule is CCC1CCCC(C)C1[C](C(C)C)C(C)C. The zero-order valence-electron chi connectivity index (χ0n) is 12.2. The summed E-state index contributed by atoms with van der Waals surface area (Å²) in [6.07, 6.45) is 5.75. The van der Waals surface area contributed by atoms with Crippen LogP contribution in [0.2, 0.25) is 0 Å². The van der Waals surface area contributed by atoms with Gasteiger partial charge in [-0.2, -0.15) is 0 Å². The molecule has 0 bridgehead atoms. The molecule has 1 rings (SSSR count). The van der Waals surface area contributed by atoms with Gasteiger partial charge in [-0.3, -0.25) is 0 Å². The van der Waals surface area contributed by atoms with E-state index in [4.69, 9.17) is 0 Å². The van der Waals surface area contributed by atoms with Crippen LogP contribution in [0.3, 0.4) is 0 Å². The summed E-state index contributed by atoms with van der Waals surface area (Å²) in [7, 11) is 0. The van der Waals surface area contributed by atoms with Crippen molar-refractivity contribution in [2.45, 2.75) is 67.2 Å². The molecule has 3 atom stereocenters. The summed E-state index contributed by atoms with van der Waals surface area (Å²) >= 11 is 0. The predicted molar refractivity (Wildman–Crippen MR) is 73.2 cm³/mol. The molecule has 0 aromatic rings. The molecule has 16 heavy (non-hydrogen) atoms. The Labute approximate surface area is 103 Å². The first-order valence-electron chi connectivity index (χ1n) is 7.35. The third kappa shape index (κ3) is 3.02. The lowest BCUT2D eigenvalue weighted by Gasteiger charge is -2.44. The standard InChI is InChI=1S/C16H31/c1-7-14-10-8-9-13(6)16(14)15(11(2)3)12(4)5/h11-14,16H,7-10H2,1-6H3. The fraction of sp³-hybridized carbons (Fsp3) is 0.938. The van der Waals surface area contributed by atoms with Crippen LogP contribution in [0, 0.1) is 35.5 Å². The van der Waals surface area contributed by atoms with Gasteiger partial charge in [-0.25, -0.2) is 0 Å². The molecule has 0 spiro atoms. The van der Waals surface area contributed by atoms with Crippen LogP contribution in [0.4, 0.5) is 0 Å². The van der Waals surface area contributed by atoms with Crippen LogP contribution in [-0.4, -0.2) is 0 Å². The lowest BCUT2D eigenvalue weighted by Crippen LogP contribution is -2.36. The average molecular weight is 223 g/mol. The summed E-state index contributed by atoms with van der Waals surface area (Å²) in [5.74, 6) is 6.15. The molecule has 1 aliphatic rings. The van der Waals surface area contributed by atoms with E-state index in [1.54, 1.807) is 0 Å². The Kier molecular flexibility index (Phi) is 5.34. The Morgan fingerprint density at radius 3 is 2.06 bits per heavy atom. The molecule has 1 aliphatic carbocycles. The van der Waals surface area contributed by atoms with Crippen molar-refractivity contribution in [3.63, 3.8) is 0 Å². The van der Waals surface area contributed by atoms with Crippen LogP contribution in [-0.2, 0) is 0 Å². The number of hydrogen-bond acceptors (Lipinski definition) is 0. The zero-order valence-corrected chi connectivity index (χ0v) is 12.2. The summed E-state index contributed by atoms with van der Waals surface area (Å²) in [6.45, 7) is 14.4.